The summed E-state index contributed by atoms with van der Waals surface area (Å²) in [4.78, 5) is 0. The minimum absolute atomic E-state index is 0.121. The molecule has 0 N–H and O–H groups in total. The normalized spacial score (nSPS) is 10.5. The Morgan fingerprint density at radius 1 is 1.05 bits per heavy atom. The van der Waals surface area contributed by atoms with Gasteiger partial charge in [-0.1, -0.05) is 12.1 Å². The van der Waals surface area contributed by atoms with E-state index in [1.807, 2.05) is 12.1 Å². The largest absolute Gasteiger partial charge is 0.497 e. The summed E-state index contributed by atoms with van der Waals surface area (Å²) in [7, 11) is 1.59. The van der Waals surface area contributed by atoms with Crippen molar-refractivity contribution in [2.45, 2.75) is 6.61 Å². The first-order valence-corrected chi connectivity index (χ1v) is 6.60. The lowest BCUT2D eigenvalue weighted by atomic mass is 10.2. The number of hydrogen-bond donors (Lipinski definition) is 0. The summed E-state index contributed by atoms with van der Waals surface area (Å²) in [5, 5.41) is 7.77. The van der Waals surface area contributed by atoms with Gasteiger partial charge in [-0.2, -0.15) is 0 Å². The van der Waals surface area contributed by atoms with Gasteiger partial charge in [-0.15, -0.1) is 10.2 Å². The first kappa shape index (κ1) is 14.1. The van der Waals surface area contributed by atoms with E-state index in [9.17, 15) is 4.39 Å². The van der Waals surface area contributed by atoms with Gasteiger partial charge in [-0.05, 0) is 30.3 Å². The maximum absolute atomic E-state index is 13.2. The summed E-state index contributed by atoms with van der Waals surface area (Å²) in [6.07, 6.45) is 0. The molecule has 0 aliphatic heterocycles. The fraction of sp³-hybridized carbons (Fsp3) is 0.125. The molecule has 5 nitrogen and oxygen atoms in total. The second-order valence-electron chi connectivity index (χ2n) is 4.48. The molecule has 0 fully saturated rings. The fourth-order valence-corrected chi connectivity index (χ4v) is 1.89. The minimum Gasteiger partial charge on any atom is -0.497 e. The SMILES string of the molecule is COc1cccc(OCc2nnc(-c3cccc(F)c3)o2)c1. The highest BCUT2D eigenvalue weighted by atomic mass is 19.1. The van der Waals surface area contributed by atoms with E-state index < -0.39 is 0 Å². The molecule has 0 saturated heterocycles. The third-order valence-corrected chi connectivity index (χ3v) is 2.94. The Kier molecular flexibility index (Phi) is 4.00. The van der Waals surface area contributed by atoms with Crippen molar-refractivity contribution in [2.24, 2.45) is 0 Å². The summed E-state index contributed by atoms with van der Waals surface area (Å²) >= 11 is 0. The molecule has 1 aromatic heterocycles. The van der Waals surface area contributed by atoms with Gasteiger partial charge in [0.15, 0.2) is 6.61 Å². The summed E-state index contributed by atoms with van der Waals surface area (Å²) in [5.41, 5.74) is 0.528. The van der Waals surface area contributed by atoms with Crippen LogP contribution in [0.3, 0.4) is 0 Å². The van der Waals surface area contributed by atoms with Crippen LogP contribution < -0.4 is 9.47 Å². The van der Waals surface area contributed by atoms with E-state index in [2.05, 4.69) is 10.2 Å². The first-order valence-electron chi connectivity index (χ1n) is 6.60. The van der Waals surface area contributed by atoms with Crippen LogP contribution in [-0.4, -0.2) is 17.3 Å². The van der Waals surface area contributed by atoms with E-state index >= 15 is 0 Å². The number of methoxy groups -OCH3 is 1. The molecule has 2 aromatic carbocycles. The van der Waals surface area contributed by atoms with Gasteiger partial charge < -0.3 is 13.9 Å². The van der Waals surface area contributed by atoms with Gasteiger partial charge in [-0.25, -0.2) is 4.39 Å². The van der Waals surface area contributed by atoms with Crippen LogP contribution in [-0.2, 0) is 6.61 Å². The zero-order chi connectivity index (χ0) is 15.4. The number of benzene rings is 2. The van der Waals surface area contributed by atoms with Crippen LogP contribution in [0.4, 0.5) is 4.39 Å². The Morgan fingerprint density at radius 2 is 1.86 bits per heavy atom. The Bertz CT molecular complexity index is 773. The van der Waals surface area contributed by atoms with Crippen LogP contribution in [0.2, 0.25) is 0 Å². The monoisotopic (exact) mass is 300 g/mol. The number of hydrogen-bond acceptors (Lipinski definition) is 5. The van der Waals surface area contributed by atoms with E-state index in [0.717, 1.165) is 0 Å². The molecule has 0 aliphatic carbocycles. The maximum atomic E-state index is 13.2. The van der Waals surface area contributed by atoms with Crippen LogP contribution in [0.5, 0.6) is 11.5 Å². The van der Waals surface area contributed by atoms with Crippen molar-refractivity contribution in [2.75, 3.05) is 7.11 Å². The molecule has 3 rings (SSSR count). The second kappa shape index (κ2) is 6.26. The third kappa shape index (κ3) is 3.22. The average Bonchev–Trinajstić information content (AvgIpc) is 3.02. The molecule has 112 valence electrons. The molecule has 0 radical (unpaired) electrons. The van der Waals surface area contributed by atoms with Crippen LogP contribution >= 0.6 is 0 Å². The first-order chi connectivity index (χ1) is 10.7. The van der Waals surface area contributed by atoms with Crippen LogP contribution in [0.15, 0.2) is 52.9 Å². The van der Waals surface area contributed by atoms with Crippen molar-refractivity contribution in [1.29, 1.82) is 0 Å². The molecule has 0 amide bonds. The Labute approximate surface area is 126 Å². The number of rotatable bonds is 5. The number of ether oxygens (including phenoxy) is 2. The fourth-order valence-electron chi connectivity index (χ4n) is 1.89. The van der Waals surface area contributed by atoms with E-state index in [1.165, 1.54) is 12.1 Å². The topological polar surface area (TPSA) is 57.4 Å². The molecule has 0 atom stereocenters. The van der Waals surface area contributed by atoms with E-state index in [4.69, 9.17) is 13.9 Å². The van der Waals surface area contributed by atoms with Gasteiger partial charge in [0.05, 0.1) is 7.11 Å². The zero-order valence-corrected chi connectivity index (χ0v) is 11.8. The average molecular weight is 300 g/mol. The lowest BCUT2D eigenvalue weighted by molar-refractivity contribution is 0.263. The predicted octanol–water partition coefficient (Wildman–Crippen LogP) is 3.46. The van der Waals surface area contributed by atoms with Gasteiger partial charge in [0.2, 0.25) is 5.89 Å². The van der Waals surface area contributed by atoms with E-state index in [0.29, 0.717) is 23.0 Å². The molecule has 0 bridgehead atoms. The van der Waals surface area contributed by atoms with Crippen molar-refractivity contribution in [1.82, 2.24) is 10.2 Å². The highest BCUT2D eigenvalue weighted by Crippen LogP contribution is 2.21. The molecule has 0 unspecified atom stereocenters. The van der Waals surface area contributed by atoms with Crippen molar-refractivity contribution in [3.05, 3.63) is 60.2 Å². The van der Waals surface area contributed by atoms with E-state index in [-0.39, 0.29) is 18.3 Å². The van der Waals surface area contributed by atoms with Crippen molar-refractivity contribution in [3.8, 4) is 23.0 Å². The molecular formula is C16H13FN2O3. The lowest BCUT2D eigenvalue weighted by Gasteiger charge is -2.05. The highest BCUT2D eigenvalue weighted by Gasteiger charge is 2.10. The van der Waals surface area contributed by atoms with Gasteiger partial charge >= 0.3 is 0 Å². The minimum atomic E-state index is -0.357. The number of aromatic nitrogens is 2. The molecule has 0 spiro atoms. The van der Waals surface area contributed by atoms with Crippen molar-refractivity contribution >= 4 is 0 Å². The van der Waals surface area contributed by atoms with Crippen molar-refractivity contribution in [3.63, 3.8) is 0 Å². The lowest BCUT2D eigenvalue weighted by Crippen LogP contribution is -1.96. The highest BCUT2D eigenvalue weighted by molar-refractivity contribution is 5.52. The molecule has 0 saturated carbocycles. The second-order valence-corrected chi connectivity index (χ2v) is 4.48. The van der Waals surface area contributed by atoms with Crippen LogP contribution in [0.25, 0.3) is 11.5 Å². The molecule has 6 heteroatoms. The maximum Gasteiger partial charge on any atom is 0.254 e. The summed E-state index contributed by atoms with van der Waals surface area (Å²) in [5.74, 6) is 1.53. The van der Waals surface area contributed by atoms with Gasteiger partial charge in [-0.3, -0.25) is 0 Å². The Morgan fingerprint density at radius 3 is 2.68 bits per heavy atom. The molecule has 22 heavy (non-hydrogen) atoms. The molecule has 1 heterocycles. The Balaban J connectivity index is 1.69. The summed E-state index contributed by atoms with van der Waals surface area (Å²) < 4.78 is 29.3. The van der Waals surface area contributed by atoms with Gasteiger partial charge in [0, 0.05) is 11.6 Å². The number of nitrogens with zero attached hydrogens (tertiary/aromatic N) is 2. The van der Waals surface area contributed by atoms with E-state index in [1.54, 1.807) is 31.4 Å². The molecule has 3 aromatic rings. The van der Waals surface area contributed by atoms with Crippen LogP contribution in [0, 0.1) is 5.82 Å². The standard InChI is InChI=1S/C16H13FN2O3/c1-20-13-6-3-7-14(9-13)21-10-15-18-19-16(22-15)11-4-2-5-12(17)8-11/h2-9H,10H2,1H3. The van der Waals surface area contributed by atoms with Gasteiger partial charge in [0.25, 0.3) is 5.89 Å². The predicted molar refractivity (Wildman–Crippen MR) is 77.0 cm³/mol. The number of halogens is 1. The molecular weight excluding hydrogens is 287 g/mol. The summed E-state index contributed by atoms with van der Waals surface area (Å²) in [6.45, 7) is 0.121. The Hall–Kier alpha value is -2.89. The van der Waals surface area contributed by atoms with Crippen LogP contribution in [0.1, 0.15) is 5.89 Å². The summed E-state index contributed by atoms with van der Waals surface area (Å²) in [6, 6.07) is 13.2. The van der Waals surface area contributed by atoms with Gasteiger partial charge in [0.1, 0.15) is 17.3 Å². The third-order valence-electron chi connectivity index (χ3n) is 2.94. The zero-order valence-electron chi connectivity index (χ0n) is 11.8. The quantitative estimate of drug-likeness (QED) is 0.722. The smallest absolute Gasteiger partial charge is 0.254 e. The van der Waals surface area contributed by atoms with Crippen molar-refractivity contribution < 1.29 is 18.3 Å². The molecule has 0 aliphatic rings.